The average molecular weight is 274 g/mol. The summed E-state index contributed by atoms with van der Waals surface area (Å²) < 4.78 is 26.0. The average Bonchev–Trinajstić information content (AvgIpc) is 2.43. The van der Waals surface area contributed by atoms with E-state index in [0.29, 0.717) is 0 Å². The molecule has 2 N–H and O–H groups in total. The van der Waals surface area contributed by atoms with Crippen molar-refractivity contribution in [2.45, 2.75) is 0 Å². The zero-order valence-corrected chi connectivity index (χ0v) is 10.0. The van der Waals surface area contributed by atoms with E-state index in [-0.39, 0.29) is 16.8 Å². The molecule has 0 atom stereocenters. The van der Waals surface area contributed by atoms with Crippen molar-refractivity contribution in [2.24, 2.45) is 0 Å². The number of carbonyl (C=O) groups excluding carboxylic acids is 1. The van der Waals surface area contributed by atoms with Gasteiger partial charge in [-0.3, -0.25) is 4.79 Å². The monoisotopic (exact) mass is 274 g/mol. The Labute approximate surface area is 112 Å². The second-order valence-electron chi connectivity index (χ2n) is 3.92. The number of aromatic hydroxyl groups is 1. The Kier molecular flexibility index (Phi) is 3.62. The van der Waals surface area contributed by atoms with Gasteiger partial charge in [-0.05, 0) is 36.4 Å². The zero-order chi connectivity index (χ0) is 14.7. The highest BCUT2D eigenvalue weighted by atomic mass is 19.1. The van der Waals surface area contributed by atoms with Crippen molar-refractivity contribution in [3.05, 3.63) is 59.2 Å². The number of hydrogen-bond acceptors (Lipinski definition) is 3. The van der Waals surface area contributed by atoms with E-state index in [1.54, 1.807) is 6.07 Å². The van der Waals surface area contributed by atoms with Crippen molar-refractivity contribution in [1.82, 2.24) is 0 Å². The molecule has 0 saturated heterocycles. The lowest BCUT2D eigenvalue weighted by molar-refractivity contribution is 0.102. The lowest BCUT2D eigenvalue weighted by atomic mass is 10.1. The number of anilines is 1. The molecule has 0 aliphatic heterocycles. The molecule has 0 aliphatic carbocycles. The first-order chi connectivity index (χ1) is 9.51. The molecule has 0 heterocycles. The van der Waals surface area contributed by atoms with Crippen LogP contribution in [-0.2, 0) is 0 Å². The Balaban J connectivity index is 2.33. The lowest BCUT2D eigenvalue weighted by Gasteiger charge is -2.08. The fourth-order valence-corrected chi connectivity index (χ4v) is 1.60. The summed E-state index contributed by atoms with van der Waals surface area (Å²) in [5.41, 5.74) is -0.282. The number of phenolic OH excluding ortho intramolecular Hbond substituents is 1. The smallest absolute Gasteiger partial charge is 0.259 e. The number of nitrogens with one attached hydrogen (secondary N) is 1. The molecule has 100 valence electrons. The molecule has 0 spiro atoms. The molecule has 20 heavy (non-hydrogen) atoms. The summed E-state index contributed by atoms with van der Waals surface area (Å²) in [5, 5.41) is 20.7. The van der Waals surface area contributed by atoms with E-state index in [1.807, 2.05) is 0 Å². The normalized spacial score (nSPS) is 9.85. The van der Waals surface area contributed by atoms with E-state index in [1.165, 1.54) is 6.07 Å². The summed E-state index contributed by atoms with van der Waals surface area (Å²) in [6.45, 7) is 0. The van der Waals surface area contributed by atoms with Crippen molar-refractivity contribution in [3.8, 4) is 11.8 Å². The topological polar surface area (TPSA) is 73.1 Å². The van der Waals surface area contributed by atoms with Gasteiger partial charge in [-0.15, -0.1) is 0 Å². The fraction of sp³-hybridized carbons (Fsp3) is 0. The van der Waals surface area contributed by atoms with Gasteiger partial charge in [0, 0.05) is 0 Å². The number of benzene rings is 2. The van der Waals surface area contributed by atoms with Gasteiger partial charge < -0.3 is 10.4 Å². The van der Waals surface area contributed by atoms with Gasteiger partial charge >= 0.3 is 0 Å². The van der Waals surface area contributed by atoms with E-state index >= 15 is 0 Å². The highest BCUT2D eigenvalue weighted by Gasteiger charge is 2.14. The first-order valence-corrected chi connectivity index (χ1v) is 5.51. The quantitative estimate of drug-likeness (QED) is 0.884. The van der Waals surface area contributed by atoms with Crippen LogP contribution in [0.25, 0.3) is 0 Å². The van der Waals surface area contributed by atoms with Gasteiger partial charge in [0.1, 0.15) is 23.5 Å². The second kappa shape index (κ2) is 5.36. The molecule has 0 unspecified atom stereocenters. The maximum absolute atomic E-state index is 13.1. The highest BCUT2D eigenvalue weighted by Crippen LogP contribution is 2.21. The third kappa shape index (κ3) is 2.72. The predicted molar refractivity (Wildman–Crippen MR) is 67.1 cm³/mol. The minimum absolute atomic E-state index is 0.0718. The van der Waals surface area contributed by atoms with Gasteiger partial charge in [-0.1, -0.05) is 0 Å². The molecule has 0 radical (unpaired) electrons. The van der Waals surface area contributed by atoms with Gasteiger partial charge in [-0.2, -0.15) is 5.26 Å². The maximum atomic E-state index is 13.1. The number of nitriles is 1. The van der Waals surface area contributed by atoms with Crippen molar-refractivity contribution in [2.75, 3.05) is 5.32 Å². The van der Waals surface area contributed by atoms with E-state index in [2.05, 4.69) is 5.32 Å². The summed E-state index contributed by atoms with van der Waals surface area (Å²) in [6, 6.07) is 7.88. The first kappa shape index (κ1) is 13.5. The Morgan fingerprint density at radius 2 is 1.80 bits per heavy atom. The Bertz CT molecular complexity index is 724. The molecule has 2 aromatic rings. The Morgan fingerprint density at radius 3 is 2.50 bits per heavy atom. The number of hydrogen-bond donors (Lipinski definition) is 2. The second-order valence-corrected chi connectivity index (χ2v) is 3.92. The van der Waals surface area contributed by atoms with Crippen LogP contribution in [0.5, 0.6) is 5.75 Å². The van der Waals surface area contributed by atoms with Gasteiger partial charge in [0.15, 0.2) is 0 Å². The molecular formula is C14H8F2N2O2. The van der Waals surface area contributed by atoms with E-state index in [9.17, 15) is 18.7 Å². The number of carbonyl (C=O) groups is 1. The summed E-state index contributed by atoms with van der Waals surface area (Å²) >= 11 is 0. The van der Waals surface area contributed by atoms with E-state index in [4.69, 9.17) is 5.26 Å². The third-order valence-corrected chi connectivity index (χ3v) is 2.55. The van der Waals surface area contributed by atoms with Crippen molar-refractivity contribution < 1.29 is 18.7 Å². The molecule has 0 saturated carbocycles. The number of halogens is 2. The van der Waals surface area contributed by atoms with Crippen molar-refractivity contribution in [1.29, 1.82) is 5.26 Å². The molecule has 1 amide bonds. The first-order valence-electron chi connectivity index (χ1n) is 5.51. The molecule has 0 fully saturated rings. The Morgan fingerprint density at radius 1 is 1.15 bits per heavy atom. The summed E-state index contributed by atoms with van der Waals surface area (Å²) in [5.74, 6) is -2.50. The number of phenols is 1. The van der Waals surface area contributed by atoms with Gasteiger partial charge in [0.05, 0.1) is 16.8 Å². The highest BCUT2D eigenvalue weighted by molar-refractivity contribution is 6.06. The molecule has 2 aromatic carbocycles. The summed E-state index contributed by atoms with van der Waals surface area (Å²) in [7, 11) is 0. The molecule has 2 rings (SSSR count). The minimum atomic E-state index is -0.801. The van der Waals surface area contributed by atoms with Crippen LogP contribution in [0.4, 0.5) is 14.5 Å². The van der Waals surface area contributed by atoms with Gasteiger partial charge in [-0.25, -0.2) is 8.78 Å². The third-order valence-electron chi connectivity index (χ3n) is 2.55. The molecule has 6 heteroatoms. The molecule has 0 aliphatic rings. The van der Waals surface area contributed by atoms with Crippen molar-refractivity contribution in [3.63, 3.8) is 0 Å². The standard InChI is InChI=1S/C14H8F2N2O2/c15-9-1-3-12(8(5-9)7-17)18-14(20)11-6-10(16)2-4-13(11)19/h1-6,19H,(H,18,20). The minimum Gasteiger partial charge on any atom is -0.507 e. The largest absolute Gasteiger partial charge is 0.507 e. The van der Waals surface area contributed by atoms with Crippen LogP contribution in [0.1, 0.15) is 15.9 Å². The molecule has 4 nitrogen and oxygen atoms in total. The van der Waals surface area contributed by atoms with E-state index in [0.717, 1.165) is 30.3 Å². The lowest BCUT2D eigenvalue weighted by Crippen LogP contribution is -2.13. The van der Waals surface area contributed by atoms with Crippen LogP contribution >= 0.6 is 0 Å². The van der Waals surface area contributed by atoms with Crippen molar-refractivity contribution >= 4 is 11.6 Å². The zero-order valence-electron chi connectivity index (χ0n) is 10.0. The molecular weight excluding hydrogens is 266 g/mol. The van der Waals surface area contributed by atoms with Crippen LogP contribution in [0.15, 0.2) is 36.4 Å². The predicted octanol–water partition coefficient (Wildman–Crippen LogP) is 2.79. The van der Waals surface area contributed by atoms with Crippen LogP contribution in [-0.4, -0.2) is 11.0 Å². The number of nitrogens with zero attached hydrogens (tertiary/aromatic N) is 1. The van der Waals surface area contributed by atoms with Crippen LogP contribution in [0.3, 0.4) is 0 Å². The van der Waals surface area contributed by atoms with E-state index < -0.39 is 23.3 Å². The van der Waals surface area contributed by atoms with Crippen LogP contribution < -0.4 is 5.32 Å². The SMILES string of the molecule is N#Cc1cc(F)ccc1NC(=O)c1cc(F)ccc1O. The van der Waals surface area contributed by atoms with Crippen LogP contribution in [0.2, 0.25) is 0 Å². The molecule has 0 aromatic heterocycles. The van der Waals surface area contributed by atoms with Gasteiger partial charge in [0.25, 0.3) is 5.91 Å². The van der Waals surface area contributed by atoms with Gasteiger partial charge in [0.2, 0.25) is 0 Å². The summed E-state index contributed by atoms with van der Waals surface area (Å²) in [6.07, 6.45) is 0. The Hall–Kier alpha value is -2.94. The molecule has 0 bridgehead atoms. The maximum Gasteiger partial charge on any atom is 0.259 e. The fourth-order valence-electron chi connectivity index (χ4n) is 1.60. The summed E-state index contributed by atoms with van der Waals surface area (Å²) in [4.78, 5) is 11.9. The van der Waals surface area contributed by atoms with Crippen LogP contribution in [0, 0.1) is 23.0 Å². The number of rotatable bonds is 2. The number of amides is 1.